The minimum Gasteiger partial charge on any atom is -0.399 e. The van der Waals surface area contributed by atoms with E-state index in [4.69, 9.17) is 5.73 Å². The maximum absolute atomic E-state index is 13.7. The van der Waals surface area contributed by atoms with E-state index in [1.54, 1.807) is 6.92 Å². The van der Waals surface area contributed by atoms with E-state index >= 15 is 0 Å². The van der Waals surface area contributed by atoms with Crippen LogP contribution in [0.4, 0.5) is 10.1 Å². The van der Waals surface area contributed by atoms with Gasteiger partial charge in [-0.25, -0.2) is 22.5 Å². The van der Waals surface area contributed by atoms with Gasteiger partial charge in [-0.05, 0) is 39.0 Å². The van der Waals surface area contributed by atoms with Gasteiger partial charge in [-0.1, -0.05) is 0 Å². The molecule has 0 saturated heterocycles. The number of halogens is 1. The molecule has 0 spiro atoms. The number of nitrogens with zero attached hydrogens (tertiary/aromatic N) is 1. The lowest BCUT2D eigenvalue weighted by Crippen LogP contribution is -2.27. The summed E-state index contributed by atoms with van der Waals surface area (Å²) in [6.07, 6.45) is 0. The Kier molecular flexibility index (Phi) is 4.31. The van der Waals surface area contributed by atoms with Crippen LogP contribution < -0.4 is 10.5 Å². The average molecular weight is 329 g/mol. The summed E-state index contributed by atoms with van der Waals surface area (Å²) in [6.45, 7) is 5.35. The van der Waals surface area contributed by atoms with Gasteiger partial charge in [0.15, 0.2) is 0 Å². The van der Waals surface area contributed by atoms with Crippen LogP contribution in [0.3, 0.4) is 0 Å². The second kappa shape index (κ2) is 5.70. The number of thiazole rings is 1. The third kappa shape index (κ3) is 3.39. The fourth-order valence-corrected chi connectivity index (χ4v) is 4.36. The highest BCUT2D eigenvalue weighted by Crippen LogP contribution is 2.26. The number of nitrogen functional groups attached to an aromatic ring is 1. The monoisotopic (exact) mass is 329 g/mol. The van der Waals surface area contributed by atoms with Gasteiger partial charge < -0.3 is 5.73 Å². The summed E-state index contributed by atoms with van der Waals surface area (Å²) in [5.41, 5.74) is 6.48. The molecule has 2 aromatic rings. The minimum atomic E-state index is -3.99. The summed E-state index contributed by atoms with van der Waals surface area (Å²) in [6, 6.07) is 2.96. The first kappa shape index (κ1) is 15.9. The van der Waals surface area contributed by atoms with Gasteiger partial charge in [0, 0.05) is 10.6 Å². The smallest absolute Gasteiger partial charge is 0.244 e. The third-order valence-electron chi connectivity index (χ3n) is 2.91. The molecule has 114 valence electrons. The van der Waals surface area contributed by atoms with Crippen LogP contribution in [0.1, 0.15) is 28.5 Å². The summed E-state index contributed by atoms with van der Waals surface area (Å²) in [7, 11) is -3.99. The molecule has 5 nitrogen and oxygen atoms in total. The van der Waals surface area contributed by atoms with Crippen molar-refractivity contribution in [2.45, 2.75) is 31.7 Å². The van der Waals surface area contributed by atoms with E-state index in [1.165, 1.54) is 17.4 Å². The first-order chi connectivity index (χ1) is 9.70. The number of benzene rings is 1. The molecule has 0 aliphatic rings. The van der Waals surface area contributed by atoms with Crippen molar-refractivity contribution in [2.24, 2.45) is 0 Å². The van der Waals surface area contributed by atoms with Gasteiger partial charge in [-0.3, -0.25) is 0 Å². The van der Waals surface area contributed by atoms with Crippen LogP contribution in [0.25, 0.3) is 0 Å². The van der Waals surface area contributed by atoms with Gasteiger partial charge in [0.25, 0.3) is 0 Å². The second-order valence-electron chi connectivity index (χ2n) is 4.72. The van der Waals surface area contributed by atoms with Crippen molar-refractivity contribution in [3.8, 4) is 0 Å². The lowest BCUT2D eigenvalue weighted by molar-refractivity contribution is 0.548. The summed E-state index contributed by atoms with van der Waals surface area (Å²) in [5.74, 6) is -0.832. The second-order valence-corrected chi connectivity index (χ2v) is 7.63. The van der Waals surface area contributed by atoms with Crippen LogP contribution in [0.2, 0.25) is 0 Å². The molecule has 2 rings (SSSR count). The molecule has 1 aromatic heterocycles. The van der Waals surface area contributed by atoms with Gasteiger partial charge in [0.2, 0.25) is 10.0 Å². The summed E-state index contributed by atoms with van der Waals surface area (Å²) in [4.78, 5) is 4.61. The zero-order valence-electron chi connectivity index (χ0n) is 11.8. The maximum atomic E-state index is 13.7. The van der Waals surface area contributed by atoms with Crippen LogP contribution in [-0.4, -0.2) is 13.4 Å². The van der Waals surface area contributed by atoms with Crippen molar-refractivity contribution in [3.05, 3.63) is 39.6 Å². The van der Waals surface area contributed by atoms with E-state index in [1.807, 2.05) is 13.8 Å². The average Bonchev–Trinajstić information content (AvgIpc) is 2.71. The van der Waals surface area contributed by atoms with Gasteiger partial charge in [0.1, 0.15) is 10.7 Å². The Bertz CT molecular complexity index is 772. The first-order valence-electron chi connectivity index (χ1n) is 6.22. The van der Waals surface area contributed by atoms with Crippen LogP contribution in [0.15, 0.2) is 23.1 Å². The van der Waals surface area contributed by atoms with E-state index in [2.05, 4.69) is 9.71 Å². The number of hydrogen-bond donors (Lipinski definition) is 2. The number of aromatic nitrogens is 1. The maximum Gasteiger partial charge on any atom is 0.244 e. The number of anilines is 1. The number of aryl methyl sites for hydroxylation is 2. The molecule has 1 atom stereocenters. The predicted molar refractivity (Wildman–Crippen MR) is 81.1 cm³/mol. The van der Waals surface area contributed by atoms with Crippen molar-refractivity contribution in [1.82, 2.24) is 9.71 Å². The molecule has 0 saturated carbocycles. The van der Waals surface area contributed by atoms with Crippen molar-refractivity contribution in [2.75, 3.05) is 5.73 Å². The fraction of sp³-hybridized carbons (Fsp3) is 0.308. The van der Waals surface area contributed by atoms with E-state index in [0.29, 0.717) is 0 Å². The molecule has 0 aliphatic heterocycles. The Labute approximate surface area is 127 Å². The predicted octanol–water partition coefficient (Wildman–Crippen LogP) is 2.52. The first-order valence-corrected chi connectivity index (χ1v) is 8.52. The standard InChI is InChI=1S/C13H16FN3O2S2/c1-7-13(20-9(3)16-7)8(2)17-21(18,19)12-6-10(15)4-5-11(12)14/h4-6,8,17H,15H2,1-3H3. The molecule has 0 aliphatic carbocycles. The van der Waals surface area contributed by atoms with Crippen LogP contribution in [0.5, 0.6) is 0 Å². The molecule has 1 aromatic carbocycles. The van der Waals surface area contributed by atoms with Gasteiger partial charge in [-0.15, -0.1) is 11.3 Å². The molecule has 8 heteroatoms. The van der Waals surface area contributed by atoms with E-state index in [9.17, 15) is 12.8 Å². The third-order valence-corrected chi connectivity index (χ3v) is 5.72. The van der Waals surface area contributed by atoms with Crippen LogP contribution in [0, 0.1) is 19.7 Å². The summed E-state index contributed by atoms with van der Waals surface area (Å²) >= 11 is 1.41. The number of rotatable bonds is 4. The molecule has 0 radical (unpaired) electrons. The highest BCUT2D eigenvalue weighted by molar-refractivity contribution is 7.89. The topological polar surface area (TPSA) is 85.1 Å². The van der Waals surface area contributed by atoms with E-state index in [0.717, 1.165) is 27.7 Å². The molecule has 1 heterocycles. The highest BCUT2D eigenvalue weighted by Gasteiger charge is 2.24. The fourth-order valence-electron chi connectivity index (χ4n) is 2.02. The van der Waals surface area contributed by atoms with E-state index < -0.39 is 26.8 Å². The van der Waals surface area contributed by atoms with Crippen molar-refractivity contribution in [3.63, 3.8) is 0 Å². The molecule has 0 bridgehead atoms. The molecule has 21 heavy (non-hydrogen) atoms. The molecule has 1 unspecified atom stereocenters. The van der Waals surface area contributed by atoms with Crippen molar-refractivity contribution < 1.29 is 12.8 Å². The number of nitrogens with one attached hydrogen (secondary N) is 1. The van der Waals surface area contributed by atoms with E-state index in [-0.39, 0.29) is 5.69 Å². The molecule has 3 N–H and O–H groups in total. The zero-order valence-corrected chi connectivity index (χ0v) is 13.5. The number of hydrogen-bond acceptors (Lipinski definition) is 5. The molecular weight excluding hydrogens is 313 g/mol. The molecule has 0 fully saturated rings. The van der Waals surface area contributed by atoms with Gasteiger partial charge >= 0.3 is 0 Å². The summed E-state index contributed by atoms with van der Waals surface area (Å²) < 4.78 is 40.7. The Balaban J connectivity index is 2.33. The molecule has 0 amide bonds. The SMILES string of the molecule is Cc1nc(C)c(C(C)NS(=O)(=O)c2cc(N)ccc2F)s1. The van der Waals surface area contributed by atoms with Crippen LogP contribution in [-0.2, 0) is 10.0 Å². The molecular formula is C13H16FN3O2S2. The quantitative estimate of drug-likeness (QED) is 0.844. The van der Waals surface area contributed by atoms with Crippen LogP contribution >= 0.6 is 11.3 Å². The summed E-state index contributed by atoms with van der Waals surface area (Å²) in [5, 5.41) is 0.851. The normalized spacial score (nSPS) is 13.3. The number of nitrogens with two attached hydrogens (primary N) is 1. The van der Waals surface area contributed by atoms with Gasteiger partial charge in [-0.2, -0.15) is 0 Å². The zero-order chi connectivity index (χ0) is 15.8. The number of sulfonamides is 1. The lowest BCUT2D eigenvalue weighted by Gasteiger charge is -2.14. The Morgan fingerprint density at radius 3 is 2.62 bits per heavy atom. The van der Waals surface area contributed by atoms with Crippen molar-refractivity contribution >= 4 is 27.0 Å². The minimum absolute atomic E-state index is 0.189. The lowest BCUT2D eigenvalue weighted by atomic mass is 10.2. The Morgan fingerprint density at radius 2 is 2.05 bits per heavy atom. The Hall–Kier alpha value is -1.51. The highest BCUT2D eigenvalue weighted by atomic mass is 32.2. The van der Waals surface area contributed by atoms with Crippen molar-refractivity contribution in [1.29, 1.82) is 0 Å². The Morgan fingerprint density at radius 1 is 1.38 bits per heavy atom. The largest absolute Gasteiger partial charge is 0.399 e. The van der Waals surface area contributed by atoms with Gasteiger partial charge in [0.05, 0.1) is 16.7 Å².